The van der Waals surface area contributed by atoms with Crippen molar-refractivity contribution in [1.29, 1.82) is 0 Å². The number of piperidine rings is 1. The fraction of sp³-hybridized carbons (Fsp3) is 0.600. The molecular weight excluding hydrogens is 274 g/mol. The van der Waals surface area contributed by atoms with E-state index in [1.54, 1.807) is 10.4 Å². The molecule has 2 rings (SSSR count). The number of nitrogens with zero attached hydrogens (tertiary/aromatic N) is 1. The standard InChI is InChI=1S/C15H23NO3S/c1-12-5-6-13(2)15(10-12)20(18,19)16-8-3-4-14(11-16)7-9-17/h5-6,10,14,17H,3-4,7-9,11H2,1-2H3. The Morgan fingerprint density at radius 2 is 2.10 bits per heavy atom. The number of benzene rings is 1. The van der Waals surface area contributed by atoms with Crippen LogP contribution >= 0.6 is 0 Å². The topological polar surface area (TPSA) is 57.6 Å². The second-order valence-corrected chi connectivity index (χ2v) is 7.56. The summed E-state index contributed by atoms with van der Waals surface area (Å²) < 4.78 is 27.1. The van der Waals surface area contributed by atoms with E-state index in [9.17, 15) is 8.42 Å². The Morgan fingerprint density at radius 3 is 2.80 bits per heavy atom. The van der Waals surface area contributed by atoms with Gasteiger partial charge in [0.1, 0.15) is 0 Å². The average Bonchev–Trinajstić information content (AvgIpc) is 2.42. The summed E-state index contributed by atoms with van der Waals surface area (Å²) in [5, 5.41) is 9.04. The summed E-state index contributed by atoms with van der Waals surface area (Å²) in [6.45, 7) is 4.97. The van der Waals surface area contributed by atoms with Gasteiger partial charge in [-0.05, 0) is 56.2 Å². The number of hydrogen-bond acceptors (Lipinski definition) is 3. The lowest BCUT2D eigenvalue weighted by Crippen LogP contribution is -2.40. The minimum absolute atomic E-state index is 0.127. The van der Waals surface area contributed by atoms with Crippen LogP contribution in [0.15, 0.2) is 23.1 Å². The molecule has 0 aliphatic carbocycles. The number of aliphatic hydroxyl groups excluding tert-OH is 1. The summed E-state index contributed by atoms with van der Waals surface area (Å²) in [7, 11) is -3.41. The summed E-state index contributed by atoms with van der Waals surface area (Å²) in [5.74, 6) is 0.272. The van der Waals surface area contributed by atoms with E-state index in [-0.39, 0.29) is 12.5 Å². The first-order valence-electron chi connectivity index (χ1n) is 7.13. The lowest BCUT2D eigenvalue weighted by Gasteiger charge is -2.32. The third-order valence-corrected chi connectivity index (χ3v) is 5.99. The molecule has 0 amide bonds. The van der Waals surface area contributed by atoms with Gasteiger partial charge in [-0.1, -0.05) is 12.1 Å². The van der Waals surface area contributed by atoms with Gasteiger partial charge in [0.25, 0.3) is 0 Å². The maximum atomic E-state index is 12.8. The molecular formula is C15H23NO3S. The van der Waals surface area contributed by atoms with Crippen LogP contribution in [0.5, 0.6) is 0 Å². The fourth-order valence-corrected chi connectivity index (χ4v) is 4.65. The number of hydrogen-bond donors (Lipinski definition) is 1. The average molecular weight is 297 g/mol. The lowest BCUT2D eigenvalue weighted by atomic mass is 9.97. The zero-order valence-corrected chi connectivity index (χ0v) is 13.0. The lowest BCUT2D eigenvalue weighted by molar-refractivity contribution is 0.203. The largest absolute Gasteiger partial charge is 0.396 e. The monoisotopic (exact) mass is 297 g/mol. The predicted octanol–water partition coefficient (Wildman–Crippen LogP) is 2.09. The molecule has 1 atom stereocenters. The highest BCUT2D eigenvalue weighted by molar-refractivity contribution is 7.89. The Bertz CT molecular complexity index is 566. The molecule has 1 aromatic rings. The zero-order valence-electron chi connectivity index (χ0n) is 12.2. The van der Waals surface area contributed by atoms with E-state index in [1.165, 1.54) is 0 Å². The highest BCUT2D eigenvalue weighted by Gasteiger charge is 2.30. The van der Waals surface area contributed by atoms with E-state index in [4.69, 9.17) is 5.11 Å². The van der Waals surface area contributed by atoms with Crippen LogP contribution in [0.4, 0.5) is 0 Å². The summed E-state index contributed by atoms with van der Waals surface area (Å²) in [6.07, 6.45) is 2.55. The molecule has 0 aromatic heterocycles. The van der Waals surface area contributed by atoms with Crippen LogP contribution in [0.2, 0.25) is 0 Å². The fourth-order valence-electron chi connectivity index (χ4n) is 2.79. The van der Waals surface area contributed by atoms with Crippen molar-refractivity contribution < 1.29 is 13.5 Å². The molecule has 5 heteroatoms. The second-order valence-electron chi connectivity index (χ2n) is 5.65. The van der Waals surface area contributed by atoms with Crippen molar-refractivity contribution in [3.05, 3.63) is 29.3 Å². The molecule has 112 valence electrons. The summed E-state index contributed by atoms with van der Waals surface area (Å²) >= 11 is 0. The maximum absolute atomic E-state index is 12.8. The van der Waals surface area contributed by atoms with E-state index >= 15 is 0 Å². The van der Waals surface area contributed by atoms with Crippen molar-refractivity contribution in [1.82, 2.24) is 4.31 Å². The first-order chi connectivity index (χ1) is 9.45. The molecule has 1 heterocycles. The van der Waals surface area contributed by atoms with Crippen LogP contribution < -0.4 is 0 Å². The normalized spacial score (nSPS) is 21.1. The number of rotatable bonds is 4. The molecule has 1 fully saturated rings. The molecule has 0 radical (unpaired) electrons. The molecule has 0 spiro atoms. The number of sulfonamides is 1. The van der Waals surface area contributed by atoms with Gasteiger partial charge in [0.15, 0.2) is 0 Å². The zero-order chi connectivity index (χ0) is 14.8. The Morgan fingerprint density at radius 1 is 1.35 bits per heavy atom. The second kappa shape index (κ2) is 6.24. The van der Waals surface area contributed by atoms with E-state index in [1.807, 2.05) is 26.0 Å². The molecule has 0 saturated carbocycles. The SMILES string of the molecule is Cc1ccc(C)c(S(=O)(=O)N2CCCC(CCO)C2)c1. The van der Waals surface area contributed by atoms with Gasteiger partial charge in [-0.25, -0.2) is 8.42 Å². The van der Waals surface area contributed by atoms with Crippen LogP contribution in [0.3, 0.4) is 0 Å². The molecule has 1 aliphatic heterocycles. The van der Waals surface area contributed by atoms with Gasteiger partial charge in [0.05, 0.1) is 4.90 Å². The molecule has 4 nitrogen and oxygen atoms in total. The van der Waals surface area contributed by atoms with Crippen LogP contribution in [-0.2, 0) is 10.0 Å². The molecule has 20 heavy (non-hydrogen) atoms. The quantitative estimate of drug-likeness (QED) is 0.926. The third-order valence-electron chi connectivity index (χ3n) is 3.98. The highest BCUT2D eigenvalue weighted by atomic mass is 32.2. The maximum Gasteiger partial charge on any atom is 0.243 e. The number of aryl methyl sites for hydroxylation is 2. The Kier molecular flexibility index (Phi) is 4.83. The number of aliphatic hydroxyl groups is 1. The molecule has 1 unspecified atom stereocenters. The van der Waals surface area contributed by atoms with E-state index in [0.29, 0.717) is 24.4 Å². The smallest absolute Gasteiger partial charge is 0.243 e. The third kappa shape index (κ3) is 3.22. The van der Waals surface area contributed by atoms with Gasteiger partial charge in [-0.3, -0.25) is 0 Å². The molecule has 1 aliphatic rings. The molecule has 0 bridgehead atoms. The van der Waals surface area contributed by atoms with Crippen molar-refractivity contribution in [2.24, 2.45) is 5.92 Å². The molecule has 1 aromatic carbocycles. The van der Waals surface area contributed by atoms with Gasteiger partial charge >= 0.3 is 0 Å². The van der Waals surface area contributed by atoms with Crippen molar-refractivity contribution in [3.63, 3.8) is 0 Å². The van der Waals surface area contributed by atoms with Crippen LogP contribution in [-0.4, -0.2) is 37.5 Å². The molecule has 1 saturated heterocycles. The first kappa shape index (κ1) is 15.5. The van der Waals surface area contributed by atoms with Crippen molar-refractivity contribution in [3.8, 4) is 0 Å². The van der Waals surface area contributed by atoms with Crippen molar-refractivity contribution in [2.75, 3.05) is 19.7 Å². The van der Waals surface area contributed by atoms with Crippen LogP contribution in [0.25, 0.3) is 0 Å². The minimum Gasteiger partial charge on any atom is -0.396 e. The van der Waals surface area contributed by atoms with Gasteiger partial charge in [0, 0.05) is 19.7 Å². The van der Waals surface area contributed by atoms with Gasteiger partial charge in [-0.2, -0.15) is 4.31 Å². The predicted molar refractivity (Wildman–Crippen MR) is 79.1 cm³/mol. The van der Waals surface area contributed by atoms with E-state index in [2.05, 4.69) is 0 Å². The Labute approximate surface area is 121 Å². The Hall–Kier alpha value is -0.910. The summed E-state index contributed by atoms with van der Waals surface area (Å²) in [6, 6.07) is 5.54. The van der Waals surface area contributed by atoms with Gasteiger partial charge in [-0.15, -0.1) is 0 Å². The van der Waals surface area contributed by atoms with E-state index in [0.717, 1.165) is 24.0 Å². The van der Waals surface area contributed by atoms with Crippen molar-refractivity contribution >= 4 is 10.0 Å². The summed E-state index contributed by atoms with van der Waals surface area (Å²) in [4.78, 5) is 0.419. The van der Waals surface area contributed by atoms with Crippen LogP contribution in [0, 0.1) is 19.8 Å². The van der Waals surface area contributed by atoms with Gasteiger partial charge < -0.3 is 5.11 Å². The minimum atomic E-state index is -3.41. The van der Waals surface area contributed by atoms with Crippen molar-refractivity contribution in [2.45, 2.75) is 38.0 Å². The highest BCUT2D eigenvalue weighted by Crippen LogP contribution is 2.27. The Balaban J connectivity index is 2.27. The molecule has 1 N–H and O–H groups in total. The first-order valence-corrected chi connectivity index (χ1v) is 8.57. The van der Waals surface area contributed by atoms with E-state index < -0.39 is 10.0 Å². The summed E-state index contributed by atoms with van der Waals surface area (Å²) in [5.41, 5.74) is 1.75. The van der Waals surface area contributed by atoms with Crippen LogP contribution in [0.1, 0.15) is 30.4 Å². The van der Waals surface area contributed by atoms with Gasteiger partial charge in [0.2, 0.25) is 10.0 Å².